The summed E-state index contributed by atoms with van der Waals surface area (Å²) in [6, 6.07) is 0. The van der Waals surface area contributed by atoms with E-state index in [9.17, 15) is 4.79 Å². The van der Waals surface area contributed by atoms with Crippen LogP contribution in [0, 0.1) is 34.5 Å². The van der Waals surface area contributed by atoms with E-state index in [0.29, 0.717) is 41.2 Å². The van der Waals surface area contributed by atoms with Crippen LogP contribution >= 0.6 is 0 Å². The lowest BCUT2D eigenvalue weighted by atomic mass is 9.44. The van der Waals surface area contributed by atoms with Gasteiger partial charge < -0.3 is 8.85 Å². The van der Waals surface area contributed by atoms with Gasteiger partial charge in [-0.25, -0.2) is 0 Å². The molecule has 0 amide bonds. The quantitative estimate of drug-likeness (QED) is 0.450. The Morgan fingerprint density at radius 2 is 1.50 bits per heavy atom. The van der Waals surface area contributed by atoms with E-state index >= 15 is 0 Å². The molecule has 30 heavy (non-hydrogen) atoms. The third kappa shape index (κ3) is 4.06. The van der Waals surface area contributed by atoms with Crippen molar-refractivity contribution in [3.63, 3.8) is 0 Å². The molecule has 0 spiro atoms. The Bertz CT molecular complexity index is 681. The molecule has 4 saturated carbocycles. The van der Waals surface area contributed by atoms with Gasteiger partial charge in [0.1, 0.15) is 5.78 Å². The van der Waals surface area contributed by atoms with E-state index in [2.05, 4.69) is 53.1 Å². The first-order valence-electron chi connectivity index (χ1n) is 12.6. The highest BCUT2D eigenvalue weighted by molar-refractivity contribution is 6.70. The SMILES string of the molecule is C[C@]12CCC3C(C1CCC2=O)[C@@H](O[Si](C)(C)C)C[C@H]1C[C@H](O[Si](C)(C)C)CC[C@]31C. The zero-order valence-corrected chi connectivity index (χ0v) is 22.8. The molecule has 3 unspecified atom stereocenters. The molecule has 0 radical (unpaired) electrons. The van der Waals surface area contributed by atoms with Crippen LogP contribution in [0.4, 0.5) is 0 Å². The Labute approximate surface area is 187 Å². The van der Waals surface area contributed by atoms with Crippen LogP contribution in [0.15, 0.2) is 0 Å². The summed E-state index contributed by atoms with van der Waals surface area (Å²) >= 11 is 0. The number of ketones is 1. The Kier molecular flexibility index (Phi) is 5.82. The number of hydrogen-bond donors (Lipinski definition) is 0. The van der Waals surface area contributed by atoms with Gasteiger partial charge in [-0.2, -0.15) is 0 Å². The Morgan fingerprint density at radius 1 is 0.833 bits per heavy atom. The lowest BCUT2D eigenvalue weighted by molar-refractivity contribution is -0.166. The molecule has 172 valence electrons. The average molecular weight is 451 g/mol. The molecule has 4 fully saturated rings. The molecule has 3 nitrogen and oxygen atoms in total. The standard InChI is InChI=1S/C25H46O3Si2/c1-24-13-11-18(27-29(3,4)5)15-17(24)16-21(28-30(6,7)8)23-19-9-10-22(26)25(19,2)14-12-20(23)24/h17-21,23H,9-16H2,1-8H3/t17-,18-,19?,20?,21+,23?,24+,25+/m1/s1. The van der Waals surface area contributed by atoms with Gasteiger partial charge in [0.2, 0.25) is 0 Å². The topological polar surface area (TPSA) is 35.5 Å². The highest BCUT2D eigenvalue weighted by atomic mass is 28.4. The van der Waals surface area contributed by atoms with Crippen LogP contribution < -0.4 is 0 Å². The van der Waals surface area contributed by atoms with Gasteiger partial charge in [-0.15, -0.1) is 0 Å². The predicted octanol–water partition coefficient (Wildman–Crippen LogP) is 6.65. The maximum Gasteiger partial charge on any atom is 0.184 e. The van der Waals surface area contributed by atoms with Crippen molar-refractivity contribution in [3.8, 4) is 0 Å². The first-order valence-corrected chi connectivity index (χ1v) is 19.4. The van der Waals surface area contributed by atoms with E-state index in [-0.39, 0.29) is 5.41 Å². The molecule has 0 aromatic rings. The van der Waals surface area contributed by atoms with Crippen molar-refractivity contribution in [2.75, 3.05) is 0 Å². The van der Waals surface area contributed by atoms with Crippen LogP contribution in [0.2, 0.25) is 39.3 Å². The fourth-order valence-corrected chi connectivity index (χ4v) is 10.5. The maximum absolute atomic E-state index is 12.9. The van der Waals surface area contributed by atoms with Crippen molar-refractivity contribution in [2.24, 2.45) is 34.5 Å². The van der Waals surface area contributed by atoms with Crippen LogP contribution in [0.5, 0.6) is 0 Å². The van der Waals surface area contributed by atoms with Gasteiger partial charge in [-0.05, 0) is 113 Å². The number of fused-ring (bicyclic) bond motifs is 5. The summed E-state index contributed by atoms with van der Waals surface area (Å²) in [5, 5.41) is 0. The minimum absolute atomic E-state index is 0.0798. The fraction of sp³-hybridized carbons (Fsp3) is 0.960. The lowest BCUT2D eigenvalue weighted by Gasteiger charge is -2.63. The van der Waals surface area contributed by atoms with Crippen molar-refractivity contribution in [2.45, 2.75) is 117 Å². The molecule has 0 aromatic heterocycles. The molecule has 4 aliphatic rings. The zero-order valence-electron chi connectivity index (χ0n) is 20.8. The molecule has 0 bridgehead atoms. The number of carbonyl (C=O) groups is 1. The van der Waals surface area contributed by atoms with Crippen LogP contribution in [-0.2, 0) is 13.6 Å². The van der Waals surface area contributed by atoms with E-state index in [1.54, 1.807) is 0 Å². The molecule has 5 heteroatoms. The second kappa shape index (κ2) is 7.53. The van der Waals surface area contributed by atoms with Crippen molar-refractivity contribution >= 4 is 22.4 Å². The lowest BCUT2D eigenvalue weighted by Crippen LogP contribution is -2.60. The zero-order chi connectivity index (χ0) is 22.1. The summed E-state index contributed by atoms with van der Waals surface area (Å²) in [7, 11) is -3.16. The Hall–Kier alpha value is 0.0238. The highest BCUT2D eigenvalue weighted by Gasteiger charge is 2.63. The number of hydrogen-bond acceptors (Lipinski definition) is 3. The molecule has 8 atom stereocenters. The first kappa shape index (κ1) is 23.2. The van der Waals surface area contributed by atoms with Crippen molar-refractivity contribution in [1.82, 2.24) is 0 Å². The molecule has 0 aromatic carbocycles. The summed E-state index contributed by atoms with van der Waals surface area (Å²) in [5.74, 6) is 3.08. The van der Waals surface area contributed by atoms with Gasteiger partial charge in [0.25, 0.3) is 0 Å². The molecular formula is C25H46O3Si2. The van der Waals surface area contributed by atoms with E-state index in [1.165, 1.54) is 32.1 Å². The van der Waals surface area contributed by atoms with Crippen LogP contribution in [0.25, 0.3) is 0 Å². The second-order valence-electron chi connectivity index (χ2n) is 13.5. The summed E-state index contributed by atoms with van der Waals surface area (Å²) in [6.45, 7) is 18.9. The summed E-state index contributed by atoms with van der Waals surface area (Å²) in [6.07, 6.45) is 9.95. The summed E-state index contributed by atoms with van der Waals surface area (Å²) < 4.78 is 13.6. The predicted molar refractivity (Wildman–Crippen MR) is 129 cm³/mol. The van der Waals surface area contributed by atoms with Gasteiger partial charge >= 0.3 is 0 Å². The molecule has 0 saturated heterocycles. The third-order valence-corrected chi connectivity index (χ3v) is 11.4. The van der Waals surface area contributed by atoms with Crippen LogP contribution in [-0.4, -0.2) is 34.6 Å². The van der Waals surface area contributed by atoms with Gasteiger partial charge in [-0.1, -0.05) is 13.8 Å². The molecule has 0 aliphatic heterocycles. The summed E-state index contributed by atoms with van der Waals surface area (Å²) in [5.41, 5.74) is 0.319. The fourth-order valence-electron chi connectivity index (χ4n) is 8.11. The first-order chi connectivity index (χ1) is 13.7. The molecule has 4 rings (SSSR count). The molecule has 0 heterocycles. The number of Topliss-reactive ketones (excluding diaryl/α,β-unsaturated/α-hetero) is 1. The van der Waals surface area contributed by atoms with E-state index in [0.717, 1.165) is 25.2 Å². The van der Waals surface area contributed by atoms with Gasteiger partial charge in [0.15, 0.2) is 16.6 Å². The van der Waals surface area contributed by atoms with Crippen molar-refractivity contribution in [1.29, 1.82) is 0 Å². The molecule has 4 aliphatic carbocycles. The second-order valence-corrected chi connectivity index (χ2v) is 22.5. The normalized spacial score (nSPS) is 46.9. The minimum atomic E-state index is -1.65. The Balaban J connectivity index is 1.64. The monoisotopic (exact) mass is 450 g/mol. The highest BCUT2D eigenvalue weighted by Crippen LogP contribution is 2.66. The Morgan fingerprint density at radius 3 is 2.13 bits per heavy atom. The summed E-state index contributed by atoms with van der Waals surface area (Å²) in [4.78, 5) is 12.9. The van der Waals surface area contributed by atoms with Gasteiger partial charge in [0, 0.05) is 24.0 Å². The van der Waals surface area contributed by atoms with E-state index < -0.39 is 16.6 Å². The maximum atomic E-state index is 12.9. The van der Waals surface area contributed by atoms with E-state index in [4.69, 9.17) is 8.85 Å². The van der Waals surface area contributed by atoms with Crippen molar-refractivity contribution in [3.05, 3.63) is 0 Å². The third-order valence-electron chi connectivity index (χ3n) is 9.35. The molecular weight excluding hydrogens is 404 g/mol. The largest absolute Gasteiger partial charge is 0.415 e. The average Bonchev–Trinajstić information content (AvgIpc) is 2.89. The van der Waals surface area contributed by atoms with Crippen LogP contribution in [0.1, 0.15) is 65.2 Å². The van der Waals surface area contributed by atoms with Crippen molar-refractivity contribution < 1.29 is 13.6 Å². The van der Waals surface area contributed by atoms with E-state index in [1.807, 2.05) is 0 Å². The number of carbonyl (C=O) groups excluding carboxylic acids is 1. The van der Waals surface area contributed by atoms with Gasteiger partial charge in [-0.3, -0.25) is 4.79 Å². The minimum Gasteiger partial charge on any atom is -0.415 e. The smallest absolute Gasteiger partial charge is 0.184 e. The van der Waals surface area contributed by atoms with Gasteiger partial charge in [0.05, 0.1) is 0 Å². The van der Waals surface area contributed by atoms with Crippen LogP contribution in [0.3, 0.4) is 0 Å². The molecule has 0 N–H and O–H groups in total. The number of rotatable bonds is 4.